The summed E-state index contributed by atoms with van der Waals surface area (Å²) in [6, 6.07) is 8.06. The summed E-state index contributed by atoms with van der Waals surface area (Å²) >= 11 is 5.96. The summed E-state index contributed by atoms with van der Waals surface area (Å²) in [5.41, 5.74) is 7.34. The summed E-state index contributed by atoms with van der Waals surface area (Å²) in [6.45, 7) is 5.18. The SMILES string of the molecule is CCCC(C)(CN)Cc1cccc(Cl)c1. The number of hydrogen-bond donors (Lipinski definition) is 1. The van der Waals surface area contributed by atoms with Gasteiger partial charge < -0.3 is 5.73 Å². The molecule has 1 aromatic carbocycles. The van der Waals surface area contributed by atoms with Crippen molar-refractivity contribution in [1.82, 2.24) is 0 Å². The van der Waals surface area contributed by atoms with Gasteiger partial charge in [-0.2, -0.15) is 0 Å². The second-order valence-corrected chi connectivity index (χ2v) is 5.01. The molecule has 0 heterocycles. The Morgan fingerprint density at radius 1 is 1.40 bits per heavy atom. The molecule has 0 fully saturated rings. The number of rotatable bonds is 5. The number of hydrogen-bond acceptors (Lipinski definition) is 1. The highest BCUT2D eigenvalue weighted by Gasteiger charge is 2.21. The average molecular weight is 226 g/mol. The summed E-state index contributed by atoms with van der Waals surface area (Å²) in [4.78, 5) is 0. The predicted molar refractivity (Wildman–Crippen MR) is 67.2 cm³/mol. The molecule has 0 saturated carbocycles. The van der Waals surface area contributed by atoms with Gasteiger partial charge in [-0.05, 0) is 42.5 Å². The molecule has 0 aliphatic rings. The van der Waals surface area contributed by atoms with Crippen LogP contribution in [0.2, 0.25) is 5.02 Å². The van der Waals surface area contributed by atoms with E-state index in [0.717, 1.165) is 24.4 Å². The first-order valence-electron chi connectivity index (χ1n) is 5.54. The Labute approximate surface area is 97.6 Å². The van der Waals surface area contributed by atoms with Gasteiger partial charge in [0.15, 0.2) is 0 Å². The highest BCUT2D eigenvalue weighted by molar-refractivity contribution is 6.30. The molecule has 0 radical (unpaired) electrons. The van der Waals surface area contributed by atoms with E-state index in [9.17, 15) is 0 Å². The lowest BCUT2D eigenvalue weighted by Crippen LogP contribution is -2.29. The van der Waals surface area contributed by atoms with Crippen LogP contribution in [0.5, 0.6) is 0 Å². The number of halogens is 1. The van der Waals surface area contributed by atoms with E-state index in [1.54, 1.807) is 0 Å². The van der Waals surface area contributed by atoms with Crippen molar-refractivity contribution in [3.63, 3.8) is 0 Å². The van der Waals surface area contributed by atoms with Crippen molar-refractivity contribution < 1.29 is 0 Å². The molecule has 2 heteroatoms. The lowest BCUT2D eigenvalue weighted by Gasteiger charge is -2.27. The molecule has 15 heavy (non-hydrogen) atoms. The van der Waals surface area contributed by atoms with Crippen LogP contribution in [0.3, 0.4) is 0 Å². The fraction of sp³-hybridized carbons (Fsp3) is 0.538. The molecule has 0 aliphatic carbocycles. The van der Waals surface area contributed by atoms with Crippen LogP contribution in [0.4, 0.5) is 0 Å². The van der Waals surface area contributed by atoms with Crippen LogP contribution in [-0.4, -0.2) is 6.54 Å². The van der Waals surface area contributed by atoms with Crippen LogP contribution < -0.4 is 5.73 Å². The lowest BCUT2D eigenvalue weighted by atomic mass is 9.80. The van der Waals surface area contributed by atoms with Crippen LogP contribution in [0.15, 0.2) is 24.3 Å². The third kappa shape index (κ3) is 3.84. The summed E-state index contributed by atoms with van der Waals surface area (Å²) in [6.07, 6.45) is 3.35. The van der Waals surface area contributed by atoms with Gasteiger partial charge in [0.1, 0.15) is 0 Å². The lowest BCUT2D eigenvalue weighted by molar-refractivity contribution is 0.302. The summed E-state index contributed by atoms with van der Waals surface area (Å²) in [7, 11) is 0. The first-order valence-corrected chi connectivity index (χ1v) is 5.92. The van der Waals surface area contributed by atoms with Crippen molar-refractivity contribution in [2.45, 2.75) is 33.1 Å². The van der Waals surface area contributed by atoms with Crippen molar-refractivity contribution in [3.8, 4) is 0 Å². The topological polar surface area (TPSA) is 26.0 Å². The molecule has 0 bridgehead atoms. The van der Waals surface area contributed by atoms with E-state index >= 15 is 0 Å². The Bertz CT molecular complexity index is 311. The average Bonchev–Trinajstić information content (AvgIpc) is 2.18. The van der Waals surface area contributed by atoms with Crippen LogP contribution in [0.25, 0.3) is 0 Å². The van der Waals surface area contributed by atoms with Gasteiger partial charge in [-0.15, -0.1) is 0 Å². The standard InChI is InChI=1S/C13H20ClN/c1-3-7-13(2,10-15)9-11-5-4-6-12(14)8-11/h4-6,8H,3,7,9-10,15H2,1-2H3. The molecule has 1 nitrogen and oxygen atoms in total. The molecule has 1 unspecified atom stereocenters. The zero-order valence-electron chi connectivity index (χ0n) is 9.59. The van der Waals surface area contributed by atoms with Crippen LogP contribution in [-0.2, 0) is 6.42 Å². The monoisotopic (exact) mass is 225 g/mol. The summed E-state index contributed by atoms with van der Waals surface area (Å²) < 4.78 is 0. The van der Waals surface area contributed by atoms with Gasteiger partial charge >= 0.3 is 0 Å². The molecule has 0 spiro atoms. The predicted octanol–water partition coefficient (Wildman–Crippen LogP) is 3.65. The Morgan fingerprint density at radius 2 is 2.13 bits per heavy atom. The van der Waals surface area contributed by atoms with Gasteiger partial charge in [-0.3, -0.25) is 0 Å². The minimum Gasteiger partial charge on any atom is -0.330 e. The molecule has 0 saturated heterocycles. The Morgan fingerprint density at radius 3 is 2.67 bits per heavy atom. The van der Waals surface area contributed by atoms with Crippen molar-refractivity contribution in [3.05, 3.63) is 34.9 Å². The van der Waals surface area contributed by atoms with Gasteiger partial charge in [0.05, 0.1) is 0 Å². The van der Waals surface area contributed by atoms with Crippen molar-refractivity contribution in [1.29, 1.82) is 0 Å². The minimum absolute atomic E-state index is 0.208. The number of nitrogens with two attached hydrogens (primary N) is 1. The summed E-state index contributed by atoms with van der Waals surface area (Å²) in [5, 5.41) is 0.809. The highest BCUT2D eigenvalue weighted by atomic mass is 35.5. The fourth-order valence-electron chi connectivity index (χ4n) is 2.01. The van der Waals surface area contributed by atoms with Crippen LogP contribution >= 0.6 is 11.6 Å². The van der Waals surface area contributed by atoms with E-state index in [4.69, 9.17) is 17.3 Å². The molecule has 84 valence electrons. The van der Waals surface area contributed by atoms with Gasteiger partial charge in [0.2, 0.25) is 0 Å². The maximum absolute atomic E-state index is 5.96. The van der Waals surface area contributed by atoms with E-state index < -0.39 is 0 Å². The molecule has 0 aromatic heterocycles. The zero-order chi connectivity index (χ0) is 11.3. The largest absolute Gasteiger partial charge is 0.330 e. The normalized spacial score (nSPS) is 14.9. The molecular formula is C13H20ClN. The Kier molecular flexibility index (Phi) is 4.62. The molecule has 0 amide bonds. The molecular weight excluding hydrogens is 206 g/mol. The maximum atomic E-state index is 5.96. The molecule has 1 rings (SSSR count). The van der Waals surface area contributed by atoms with Gasteiger partial charge in [0.25, 0.3) is 0 Å². The quantitative estimate of drug-likeness (QED) is 0.814. The second kappa shape index (κ2) is 5.53. The van der Waals surface area contributed by atoms with E-state index in [-0.39, 0.29) is 5.41 Å². The van der Waals surface area contributed by atoms with Crippen LogP contribution in [0.1, 0.15) is 32.3 Å². The molecule has 0 aliphatic heterocycles. The maximum Gasteiger partial charge on any atom is 0.0408 e. The van der Waals surface area contributed by atoms with Gasteiger partial charge in [-0.25, -0.2) is 0 Å². The Balaban J connectivity index is 2.74. The van der Waals surface area contributed by atoms with E-state index in [2.05, 4.69) is 19.9 Å². The smallest absolute Gasteiger partial charge is 0.0408 e. The van der Waals surface area contributed by atoms with Crippen molar-refractivity contribution >= 4 is 11.6 Å². The molecule has 2 N–H and O–H groups in total. The zero-order valence-corrected chi connectivity index (χ0v) is 10.3. The fourth-order valence-corrected chi connectivity index (χ4v) is 2.22. The van der Waals surface area contributed by atoms with E-state index in [1.165, 1.54) is 12.0 Å². The number of benzene rings is 1. The minimum atomic E-state index is 0.208. The van der Waals surface area contributed by atoms with Crippen LogP contribution in [0, 0.1) is 5.41 Å². The third-order valence-electron chi connectivity index (χ3n) is 2.87. The first-order chi connectivity index (χ1) is 7.09. The third-order valence-corrected chi connectivity index (χ3v) is 3.10. The highest BCUT2D eigenvalue weighted by Crippen LogP contribution is 2.27. The van der Waals surface area contributed by atoms with Crippen molar-refractivity contribution in [2.75, 3.05) is 6.54 Å². The van der Waals surface area contributed by atoms with E-state index in [0.29, 0.717) is 0 Å². The molecule has 1 atom stereocenters. The van der Waals surface area contributed by atoms with Gasteiger partial charge in [0, 0.05) is 5.02 Å². The second-order valence-electron chi connectivity index (χ2n) is 4.57. The first kappa shape index (κ1) is 12.5. The van der Waals surface area contributed by atoms with Crippen molar-refractivity contribution in [2.24, 2.45) is 11.1 Å². The Hall–Kier alpha value is -0.530. The van der Waals surface area contributed by atoms with E-state index in [1.807, 2.05) is 18.2 Å². The summed E-state index contributed by atoms with van der Waals surface area (Å²) in [5.74, 6) is 0. The molecule has 1 aromatic rings. The van der Waals surface area contributed by atoms with Gasteiger partial charge in [-0.1, -0.05) is 44.0 Å².